The van der Waals surface area contributed by atoms with Gasteiger partial charge >= 0.3 is 0 Å². The van der Waals surface area contributed by atoms with E-state index in [4.69, 9.17) is 4.42 Å². The Hall–Kier alpha value is -2.89. The number of pyridine rings is 2. The van der Waals surface area contributed by atoms with E-state index in [1.807, 2.05) is 30.0 Å². The number of carbonyl (C=O) groups is 1. The fraction of sp³-hybridized carbons (Fsp3) is 0.188. The van der Waals surface area contributed by atoms with Crippen LogP contribution in [0.4, 0.5) is 17.2 Å². The lowest BCUT2D eigenvalue weighted by atomic mass is 10.2. The molecule has 0 spiro atoms. The summed E-state index contributed by atoms with van der Waals surface area (Å²) in [7, 11) is 1.73. The highest BCUT2D eigenvalue weighted by Gasteiger charge is 2.34. The van der Waals surface area contributed by atoms with Crippen LogP contribution in [0.25, 0.3) is 11.1 Å². The molecule has 3 aromatic heterocycles. The molecule has 1 amide bonds. The normalized spacial score (nSPS) is 14.0. The van der Waals surface area contributed by atoms with Gasteiger partial charge < -0.3 is 14.2 Å². The molecule has 1 aliphatic heterocycles. The largest absolute Gasteiger partial charge is 0.447 e. The van der Waals surface area contributed by atoms with E-state index < -0.39 is 0 Å². The summed E-state index contributed by atoms with van der Waals surface area (Å²) in [4.78, 5) is 25.2. The lowest BCUT2D eigenvalue weighted by Crippen LogP contribution is -2.25. The van der Waals surface area contributed by atoms with Crippen LogP contribution >= 0.6 is 0 Å². The van der Waals surface area contributed by atoms with Gasteiger partial charge in [-0.15, -0.1) is 0 Å². The molecule has 22 heavy (non-hydrogen) atoms. The Morgan fingerprint density at radius 1 is 1.18 bits per heavy atom. The first-order valence-corrected chi connectivity index (χ1v) is 7.10. The monoisotopic (exact) mass is 294 g/mol. The number of hydrogen-bond acceptors (Lipinski definition) is 5. The van der Waals surface area contributed by atoms with Crippen molar-refractivity contribution in [3.63, 3.8) is 0 Å². The first-order valence-electron chi connectivity index (χ1n) is 7.10. The van der Waals surface area contributed by atoms with E-state index >= 15 is 0 Å². The second-order valence-electron chi connectivity index (χ2n) is 5.08. The molecule has 4 heterocycles. The van der Waals surface area contributed by atoms with E-state index in [1.54, 1.807) is 30.4 Å². The molecule has 0 N–H and O–H groups in total. The zero-order valence-electron chi connectivity index (χ0n) is 12.3. The lowest BCUT2D eigenvalue weighted by molar-refractivity contribution is 0.0970. The highest BCUT2D eigenvalue weighted by molar-refractivity contribution is 6.15. The Kier molecular flexibility index (Phi) is 2.66. The third kappa shape index (κ3) is 1.57. The number of fused-ring (bicyclic) bond motifs is 4. The standard InChI is InChI=1S/C16H14N4O2/c1-3-20-13-12-11(7-5-8-17-12)22-14(13)16(21)19(2)10-6-4-9-18-15(10)20/h4-9H,3H2,1-2H3. The van der Waals surface area contributed by atoms with Crippen LogP contribution in [0.3, 0.4) is 0 Å². The van der Waals surface area contributed by atoms with Crippen LogP contribution in [0, 0.1) is 0 Å². The average molecular weight is 294 g/mol. The maximum atomic E-state index is 12.8. The second-order valence-corrected chi connectivity index (χ2v) is 5.08. The molecule has 0 atom stereocenters. The van der Waals surface area contributed by atoms with Gasteiger partial charge in [-0.05, 0) is 31.2 Å². The number of amides is 1. The number of nitrogens with zero attached hydrogens (tertiary/aromatic N) is 4. The van der Waals surface area contributed by atoms with Crippen molar-refractivity contribution in [3.8, 4) is 0 Å². The molecule has 0 aromatic carbocycles. The minimum Gasteiger partial charge on any atom is -0.447 e. The van der Waals surface area contributed by atoms with Crippen molar-refractivity contribution in [3.05, 3.63) is 42.4 Å². The molecule has 6 heteroatoms. The van der Waals surface area contributed by atoms with Gasteiger partial charge in [-0.25, -0.2) is 4.98 Å². The Balaban J connectivity index is 2.11. The van der Waals surface area contributed by atoms with E-state index in [1.165, 1.54) is 0 Å². The predicted octanol–water partition coefficient (Wildman–Crippen LogP) is 2.97. The molecule has 0 saturated carbocycles. The third-order valence-electron chi connectivity index (χ3n) is 3.89. The van der Waals surface area contributed by atoms with Crippen LogP contribution in [0.2, 0.25) is 0 Å². The Morgan fingerprint density at radius 2 is 1.95 bits per heavy atom. The van der Waals surface area contributed by atoms with Crippen LogP contribution in [0.1, 0.15) is 17.5 Å². The molecule has 0 fully saturated rings. The van der Waals surface area contributed by atoms with Gasteiger partial charge in [0.05, 0.1) is 5.69 Å². The number of anilines is 3. The molecule has 0 saturated heterocycles. The SMILES string of the molecule is CCN1c2ncccc2N(C)C(=O)c2oc3cccnc3c21. The number of rotatable bonds is 1. The average Bonchev–Trinajstić information content (AvgIpc) is 2.91. The summed E-state index contributed by atoms with van der Waals surface area (Å²) in [6.07, 6.45) is 3.42. The summed E-state index contributed by atoms with van der Waals surface area (Å²) < 4.78 is 5.79. The van der Waals surface area contributed by atoms with Crippen molar-refractivity contribution >= 4 is 34.2 Å². The van der Waals surface area contributed by atoms with Gasteiger partial charge in [0.25, 0.3) is 5.91 Å². The second kappa shape index (κ2) is 4.56. The van der Waals surface area contributed by atoms with Gasteiger partial charge in [0.2, 0.25) is 5.76 Å². The zero-order valence-corrected chi connectivity index (χ0v) is 12.3. The highest BCUT2D eigenvalue weighted by Crippen LogP contribution is 2.42. The maximum Gasteiger partial charge on any atom is 0.296 e. The molecule has 4 rings (SSSR count). The van der Waals surface area contributed by atoms with E-state index in [-0.39, 0.29) is 5.91 Å². The van der Waals surface area contributed by atoms with E-state index in [0.29, 0.717) is 29.1 Å². The summed E-state index contributed by atoms with van der Waals surface area (Å²) in [5, 5.41) is 0. The fourth-order valence-electron chi connectivity index (χ4n) is 2.85. The third-order valence-corrected chi connectivity index (χ3v) is 3.89. The minimum atomic E-state index is -0.196. The van der Waals surface area contributed by atoms with Gasteiger partial charge in [0.1, 0.15) is 11.2 Å². The zero-order chi connectivity index (χ0) is 15.3. The van der Waals surface area contributed by atoms with Crippen LogP contribution in [0.5, 0.6) is 0 Å². The maximum absolute atomic E-state index is 12.8. The first-order chi connectivity index (χ1) is 10.7. The predicted molar refractivity (Wildman–Crippen MR) is 83.7 cm³/mol. The van der Waals surface area contributed by atoms with Crippen LogP contribution in [0.15, 0.2) is 41.1 Å². The van der Waals surface area contributed by atoms with E-state index in [2.05, 4.69) is 9.97 Å². The van der Waals surface area contributed by atoms with E-state index in [9.17, 15) is 4.79 Å². The molecule has 0 bridgehead atoms. The van der Waals surface area contributed by atoms with Crippen molar-refractivity contribution in [1.82, 2.24) is 9.97 Å². The molecule has 0 radical (unpaired) electrons. The molecule has 0 unspecified atom stereocenters. The number of aromatic nitrogens is 2. The Labute approximate surface area is 127 Å². The van der Waals surface area contributed by atoms with Crippen molar-refractivity contribution in [2.24, 2.45) is 0 Å². The molecular formula is C16H14N4O2. The Bertz CT molecular complexity index is 887. The van der Waals surface area contributed by atoms with Crippen molar-refractivity contribution in [2.75, 3.05) is 23.4 Å². The topological polar surface area (TPSA) is 62.5 Å². The minimum absolute atomic E-state index is 0.196. The molecular weight excluding hydrogens is 280 g/mol. The van der Waals surface area contributed by atoms with Crippen molar-refractivity contribution in [1.29, 1.82) is 0 Å². The van der Waals surface area contributed by atoms with Gasteiger partial charge in [0.15, 0.2) is 11.4 Å². The summed E-state index contributed by atoms with van der Waals surface area (Å²) in [5.74, 6) is 0.835. The fourth-order valence-corrected chi connectivity index (χ4v) is 2.85. The van der Waals surface area contributed by atoms with Crippen LogP contribution in [-0.4, -0.2) is 29.5 Å². The van der Waals surface area contributed by atoms with Crippen LogP contribution < -0.4 is 9.80 Å². The number of furan rings is 1. The summed E-state index contributed by atoms with van der Waals surface area (Å²) in [6.45, 7) is 2.67. The highest BCUT2D eigenvalue weighted by atomic mass is 16.3. The van der Waals surface area contributed by atoms with Gasteiger partial charge in [0, 0.05) is 26.0 Å². The summed E-state index contributed by atoms with van der Waals surface area (Å²) in [6, 6.07) is 7.31. The molecule has 1 aliphatic rings. The summed E-state index contributed by atoms with van der Waals surface area (Å²) in [5.41, 5.74) is 2.73. The quantitative estimate of drug-likeness (QED) is 0.690. The number of carbonyl (C=O) groups excluding carboxylic acids is 1. The van der Waals surface area contributed by atoms with Gasteiger partial charge in [-0.1, -0.05) is 0 Å². The van der Waals surface area contributed by atoms with Crippen LogP contribution in [-0.2, 0) is 0 Å². The molecule has 3 aromatic rings. The van der Waals surface area contributed by atoms with Gasteiger partial charge in [-0.2, -0.15) is 0 Å². The van der Waals surface area contributed by atoms with Crippen molar-refractivity contribution < 1.29 is 9.21 Å². The van der Waals surface area contributed by atoms with E-state index in [0.717, 1.165) is 11.5 Å². The Morgan fingerprint density at radius 3 is 2.77 bits per heavy atom. The smallest absolute Gasteiger partial charge is 0.296 e. The first kappa shape index (κ1) is 12.8. The molecule has 6 nitrogen and oxygen atoms in total. The lowest BCUT2D eigenvalue weighted by Gasteiger charge is -2.22. The molecule has 110 valence electrons. The molecule has 0 aliphatic carbocycles. The summed E-state index contributed by atoms with van der Waals surface area (Å²) >= 11 is 0. The van der Waals surface area contributed by atoms with Gasteiger partial charge in [-0.3, -0.25) is 9.78 Å². The number of hydrogen-bond donors (Lipinski definition) is 0. The van der Waals surface area contributed by atoms with Crippen molar-refractivity contribution in [2.45, 2.75) is 6.92 Å².